The molecule has 82 valence electrons. The standard InChI is InChI=1S/C10H10Br2FNO/c1-10(2,12)9(15)14-8-4-3-6(11)5-7(8)13/h3-5H,1-2H3,(H,14,15). The van der Waals surface area contributed by atoms with E-state index in [1.807, 2.05) is 0 Å². The topological polar surface area (TPSA) is 29.1 Å². The SMILES string of the molecule is CC(C)(Br)C(=O)Nc1ccc(Br)cc1F. The maximum absolute atomic E-state index is 13.3. The van der Waals surface area contributed by atoms with Crippen molar-refractivity contribution in [2.24, 2.45) is 0 Å². The summed E-state index contributed by atoms with van der Waals surface area (Å²) in [6, 6.07) is 4.48. The molecule has 0 unspecified atom stereocenters. The van der Waals surface area contributed by atoms with Crippen LogP contribution < -0.4 is 5.32 Å². The van der Waals surface area contributed by atoms with Gasteiger partial charge in [-0.25, -0.2) is 4.39 Å². The number of benzene rings is 1. The zero-order valence-corrected chi connectivity index (χ0v) is 11.4. The highest BCUT2D eigenvalue weighted by Gasteiger charge is 2.24. The van der Waals surface area contributed by atoms with E-state index < -0.39 is 10.1 Å². The molecule has 0 aliphatic carbocycles. The lowest BCUT2D eigenvalue weighted by molar-refractivity contribution is -0.117. The van der Waals surface area contributed by atoms with Gasteiger partial charge in [0, 0.05) is 4.47 Å². The summed E-state index contributed by atoms with van der Waals surface area (Å²) in [4.78, 5) is 11.5. The number of nitrogens with one attached hydrogen (secondary N) is 1. The van der Waals surface area contributed by atoms with Crippen LogP contribution in [0.4, 0.5) is 10.1 Å². The van der Waals surface area contributed by atoms with Crippen molar-refractivity contribution in [3.8, 4) is 0 Å². The summed E-state index contributed by atoms with van der Waals surface area (Å²) in [7, 11) is 0. The van der Waals surface area contributed by atoms with Gasteiger partial charge in [0.15, 0.2) is 0 Å². The molecule has 0 radical (unpaired) electrons. The minimum Gasteiger partial charge on any atom is -0.322 e. The van der Waals surface area contributed by atoms with Gasteiger partial charge in [0.1, 0.15) is 5.82 Å². The van der Waals surface area contributed by atoms with Gasteiger partial charge in [-0.2, -0.15) is 0 Å². The lowest BCUT2D eigenvalue weighted by Crippen LogP contribution is -2.31. The van der Waals surface area contributed by atoms with Crippen LogP contribution in [0.1, 0.15) is 13.8 Å². The van der Waals surface area contributed by atoms with E-state index in [0.29, 0.717) is 4.47 Å². The minimum absolute atomic E-state index is 0.177. The number of amides is 1. The molecule has 0 aromatic heterocycles. The van der Waals surface area contributed by atoms with Gasteiger partial charge >= 0.3 is 0 Å². The maximum Gasteiger partial charge on any atom is 0.240 e. The van der Waals surface area contributed by atoms with Crippen molar-refractivity contribution in [3.05, 3.63) is 28.5 Å². The molecule has 0 spiro atoms. The van der Waals surface area contributed by atoms with Crippen LogP contribution in [-0.4, -0.2) is 10.2 Å². The molecule has 0 atom stereocenters. The van der Waals surface area contributed by atoms with E-state index in [2.05, 4.69) is 37.2 Å². The molecule has 0 saturated heterocycles. The Labute approximate surface area is 105 Å². The molecule has 1 aromatic carbocycles. The van der Waals surface area contributed by atoms with Crippen molar-refractivity contribution in [2.75, 3.05) is 5.32 Å². The average molecular weight is 339 g/mol. The van der Waals surface area contributed by atoms with Crippen molar-refractivity contribution >= 4 is 43.5 Å². The van der Waals surface area contributed by atoms with E-state index in [0.717, 1.165) is 0 Å². The van der Waals surface area contributed by atoms with Crippen molar-refractivity contribution in [3.63, 3.8) is 0 Å². The molecule has 0 aliphatic rings. The fourth-order valence-corrected chi connectivity index (χ4v) is 1.29. The van der Waals surface area contributed by atoms with Crippen molar-refractivity contribution < 1.29 is 9.18 Å². The third-order valence-corrected chi connectivity index (χ3v) is 2.57. The summed E-state index contributed by atoms with van der Waals surface area (Å²) in [5.74, 6) is -0.752. The zero-order valence-electron chi connectivity index (χ0n) is 8.27. The minimum atomic E-state index is -0.716. The van der Waals surface area contributed by atoms with E-state index in [9.17, 15) is 9.18 Å². The van der Waals surface area contributed by atoms with Crippen LogP contribution in [0.2, 0.25) is 0 Å². The largest absolute Gasteiger partial charge is 0.322 e. The highest BCUT2D eigenvalue weighted by atomic mass is 79.9. The number of hydrogen-bond donors (Lipinski definition) is 1. The third-order valence-electron chi connectivity index (χ3n) is 1.72. The Balaban J connectivity index is 2.87. The number of carbonyl (C=O) groups is 1. The van der Waals surface area contributed by atoms with Crippen molar-refractivity contribution in [1.82, 2.24) is 0 Å². The van der Waals surface area contributed by atoms with E-state index in [1.54, 1.807) is 19.9 Å². The normalized spacial score (nSPS) is 11.3. The van der Waals surface area contributed by atoms with Crippen LogP contribution in [0.15, 0.2) is 22.7 Å². The molecular formula is C10H10Br2FNO. The molecule has 0 fully saturated rings. The number of anilines is 1. The Bertz CT molecular complexity index is 387. The summed E-state index contributed by atoms with van der Waals surface area (Å²) in [5, 5.41) is 2.50. The molecule has 2 nitrogen and oxygen atoms in total. The Kier molecular flexibility index (Phi) is 3.89. The quantitative estimate of drug-likeness (QED) is 0.818. The van der Waals surface area contributed by atoms with Gasteiger partial charge in [0.25, 0.3) is 0 Å². The van der Waals surface area contributed by atoms with Crippen LogP contribution >= 0.6 is 31.9 Å². The number of alkyl halides is 1. The predicted molar refractivity (Wildman–Crippen MR) is 65.7 cm³/mol. The van der Waals surface area contributed by atoms with Gasteiger partial charge in [-0.1, -0.05) is 31.9 Å². The number of halogens is 3. The van der Waals surface area contributed by atoms with Crippen LogP contribution in [0.25, 0.3) is 0 Å². The maximum atomic E-state index is 13.3. The third kappa shape index (κ3) is 3.57. The first kappa shape index (κ1) is 12.6. The van der Waals surface area contributed by atoms with E-state index in [4.69, 9.17) is 0 Å². The molecule has 15 heavy (non-hydrogen) atoms. The van der Waals surface area contributed by atoms with Crippen LogP contribution in [0, 0.1) is 5.82 Å². The van der Waals surface area contributed by atoms with Gasteiger partial charge < -0.3 is 5.32 Å². The number of rotatable bonds is 2. The first-order chi connectivity index (χ1) is 6.80. The lowest BCUT2D eigenvalue weighted by Gasteiger charge is -2.16. The molecule has 0 aliphatic heterocycles. The van der Waals surface area contributed by atoms with E-state index >= 15 is 0 Å². The average Bonchev–Trinajstić information content (AvgIpc) is 2.08. The monoisotopic (exact) mass is 337 g/mol. The van der Waals surface area contributed by atoms with Crippen molar-refractivity contribution in [2.45, 2.75) is 18.2 Å². The molecule has 5 heteroatoms. The summed E-state index contributed by atoms with van der Waals surface area (Å²) in [6.07, 6.45) is 0. The Morgan fingerprint density at radius 2 is 2.07 bits per heavy atom. The first-order valence-electron chi connectivity index (χ1n) is 4.26. The van der Waals surface area contributed by atoms with Gasteiger partial charge in [-0.3, -0.25) is 4.79 Å². The lowest BCUT2D eigenvalue weighted by atomic mass is 10.2. The van der Waals surface area contributed by atoms with Crippen LogP contribution in [0.3, 0.4) is 0 Å². The van der Waals surface area contributed by atoms with Crippen LogP contribution in [-0.2, 0) is 4.79 Å². The smallest absolute Gasteiger partial charge is 0.240 e. The zero-order chi connectivity index (χ0) is 11.6. The summed E-state index contributed by atoms with van der Waals surface area (Å²) >= 11 is 6.34. The summed E-state index contributed by atoms with van der Waals surface area (Å²) < 4.78 is 13.3. The molecule has 1 aromatic rings. The first-order valence-corrected chi connectivity index (χ1v) is 5.85. The molecular weight excluding hydrogens is 329 g/mol. The molecule has 1 rings (SSSR count). The van der Waals surface area contributed by atoms with Gasteiger partial charge in [0.05, 0.1) is 10.0 Å². The Hall–Kier alpha value is -0.420. The van der Waals surface area contributed by atoms with Crippen LogP contribution in [0.5, 0.6) is 0 Å². The molecule has 1 N–H and O–H groups in total. The highest BCUT2D eigenvalue weighted by Crippen LogP contribution is 2.22. The predicted octanol–water partition coefficient (Wildman–Crippen LogP) is 3.70. The highest BCUT2D eigenvalue weighted by molar-refractivity contribution is 9.10. The number of hydrogen-bond acceptors (Lipinski definition) is 1. The summed E-state index contributed by atoms with van der Waals surface area (Å²) in [6.45, 7) is 3.39. The van der Waals surface area contributed by atoms with Gasteiger partial charge in [0.2, 0.25) is 5.91 Å². The molecule has 0 bridgehead atoms. The molecule has 1 amide bonds. The Morgan fingerprint density at radius 3 is 2.53 bits per heavy atom. The summed E-state index contributed by atoms with van der Waals surface area (Å²) in [5.41, 5.74) is 0.177. The second-order valence-corrected chi connectivity index (χ2v) is 6.45. The number of carbonyl (C=O) groups excluding carboxylic acids is 1. The second-order valence-electron chi connectivity index (χ2n) is 3.55. The van der Waals surface area contributed by atoms with E-state index in [1.165, 1.54) is 12.1 Å². The Morgan fingerprint density at radius 1 is 1.47 bits per heavy atom. The fraction of sp³-hybridized carbons (Fsp3) is 0.300. The fourth-order valence-electron chi connectivity index (χ4n) is 0.862. The van der Waals surface area contributed by atoms with Gasteiger partial charge in [-0.05, 0) is 32.0 Å². The molecule has 0 heterocycles. The van der Waals surface area contributed by atoms with Crippen molar-refractivity contribution in [1.29, 1.82) is 0 Å². The second kappa shape index (κ2) is 4.61. The van der Waals surface area contributed by atoms with E-state index in [-0.39, 0.29) is 11.6 Å². The molecule has 0 saturated carbocycles. The van der Waals surface area contributed by atoms with Gasteiger partial charge in [-0.15, -0.1) is 0 Å².